The average molecular weight is 668 g/mol. The predicted octanol–water partition coefficient (Wildman–Crippen LogP) is 2.46. The smallest absolute Gasteiger partial charge is 0.319 e. The summed E-state index contributed by atoms with van der Waals surface area (Å²) < 4.78 is 31.6. The molecule has 2 N–H and O–H groups in total. The lowest BCUT2D eigenvalue weighted by molar-refractivity contribution is -0.293. The molecule has 268 valence electrons. The zero-order chi connectivity index (χ0) is 34.9. The number of oxime groups is 1. The lowest BCUT2D eigenvalue weighted by Gasteiger charge is -2.49. The van der Waals surface area contributed by atoms with Crippen molar-refractivity contribution < 1.29 is 48.0 Å². The molecular weight excluding hydrogens is 610 g/mol. The number of hydrogen-bond acceptors (Lipinski definition) is 13. The van der Waals surface area contributed by atoms with E-state index >= 15 is 0 Å². The number of aliphatic hydroxyl groups is 1. The van der Waals surface area contributed by atoms with E-state index in [0.29, 0.717) is 25.8 Å². The number of ether oxygens (including phenoxy) is 5. The molecule has 0 radical (unpaired) electrons. The molecule has 13 heteroatoms. The van der Waals surface area contributed by atoms with Crippen LogP contribution >= 0.6 is 0 Å². The van der Waals surface area contributed by atoms with Gasteiger partial charge in [-0.3, -0.25) is 14.4 Å². The Balaban J connectivity index is 1.76. The standard InChI is InChI=1S/C34H57N3O10/c1-11-25-34(7)23(15-26(38)47-34)21(4)35-17-19(2)16-33(6)29(20(3)28(40)32(5,12-13-43-33)31(41)45-25)46-30-27(39)24(37(8)9)14-22(44-30)18-36-42-10/h18-25,27,29-30,35,39H,11-17H2,1-10H3/b36-18+/t19-,20+,21-,22?,23-,24?,25-,27?,29-,30+,32+,33+,34+/m1/s1. The van der Waals surface area contributed by atoms with Crippen LogP contribution in [0.1, 0.15) is 80.6 Å². The van der Waals surface area contributed by atoms with Gasteiger partial charge in [-0.2, -0.15) is 0 Å². The van der Waals surface area contributed by atoms with Crippen LogP contribution in [0.25, 0.3) is 0 Å². The summed E-state index contributed by atoms with van der Waals surface area (Å²) >= 11 is 0. The van der Waals surface area contributed by atoms with Crippen molar-refractivity contribution in [1.29, 1.82) is 0 Å². The molecule has 2 bridgehead atoms. The van der Waals surface area contributed by atoms with Gasteiger partial charge in [0.15, 0.2) is 17.7 Å². The number of nitrogens with one attached hydrogen (secondary N) is 1. The molecule has 5 fully saturated rings. The first-order chi connectivity index (χ1) is 22.0. The third-order valence-corrected chi connectivity index (χ3v) is 11.1. The Hall–Kier alpha value is -2.16. The van der Waals surface area contributed by atoms with E-state index < -0.39 is 59.2 Å². The monoisotopic (exact) mass is 667 g/mol. The lowest BCUT2D eigenvalue weighted by Crippen LogP contribution is -2.61. The Bertz CT molecular complexity index is 1170. The molecule has 0 saturated carbocycles. The van der Waals surface area contributed by atoms with Gasteiger partial charge in [-0.15, -0.1) is 0 Å². The van der Waals surface area contributed by atoms with E-state index in [-0.39, 0.29) is 55.1 Å². The zero-order valence-electron chi connectivity index (χ0n) is 29.8. The van der Waals surface area contributed by atoms with Crippen LogP contribution in [-0.2, 0) is 42.9 Å². The maximum Gasteiger partial charge on any atom is 0.319 e. The van der Waals surface area contributed by atoms with E-state index in [1.54, 1.807) is 13.8 Å². The van der Waals surface area contributed by atoms with Crippen molar-refractivity contribution in [2.45, 2.75) is 135 Å². The number of carbonyl (C=O) groups is 3. The van der Waals surface area contributed by atoms with Crippen LogP contribution in [0, 0.1) is 23.2 Å². The summed E-state index contributed by atoms with van der Waals surface area (Å²) in [7, 11) is 5.18. The normalized spacial score (nSPS) is 45.6. The summed E-state index contributed by atoms with van der Waals surface area (Å²) in [4.78, 5) is 48.2. The first-order valence-corrected chi connectivity index (χ1v) is 17.1. The minimum Gasteiger partial charge on any atom is -0.457 e. The summed E-state index contributed by atoms with van der Waals surface area (Å²) in [6, 6.07) is -0.469. The Labute approximate surface area is 279 Å². The maximum atomic E-state index is 14.6. The van der Waals surface area contributed by atoms with Crippen molar-refractivity contribution in [3.63, 3.8) is 0 Å². The summed E-state index contributed by atoms with van der Waals surface area (Å²) in [5.41, 5.74) is -3.63. The van der Waals surface area contributed by atoms with Gasteiger partial charge in [0.1, 0.15) is 30.8 Å². The average Bonchev–Trinajstić information content (AvgIpc) is 3.33. The number of rotatable bonds is 6. The van der Waals surface area contributed by atoms with Gasteiger partial charge < -0.3 is 43.8 Å². The number of fused-ring (bicyclic) bond motifs is 10. The van der Waals surface area contributed by atoms with E-state index in [2.05, 4.69) is 17.4 Å². The summed E-state index contributed by atoms with van der Waals surface area (Å²) in [5.74, 6) is -2.41. The van der Waals surface area contributed by atoms with Gasteiger partial charge in [0.25, 0.3) is 0 Å². The molecule has 5 heterocycles. The Morgan fingerprint density at radius 1 is 1.15 bits per heavy atom. The van der Waals surface area contributed by atoms with Crippen molar-refractivity contribution >= 4 is 23.9 Å². The summed E-state index contributed by atoms with van der Waals surface area (Å²) in [5, 5.41) is 19.0. The second-order valence-electron chi connectivity index (χ2n) is 15.0. The number of aliphatic hydroxyl groups excluding tert-OH is 1. The zero-order valence-corrected chi connectivity index (χ0v) is 29.8. The van der Waals surface area contributed by atoms with Crippen molar-refractivity contribution in [3.8, 4) is 0 Å². The van der Waals surface area contributed by atoms with Crippen molar-refractivity contribution in [3.05, 3.63) is 0 Å². The molecule has 0 aromatic heterocycles. The van der Waals surface area contributed by atoms with E-state index in [1.807, 2.05) is 46.7 Å². The Morgan fingerprint density at radius 2 is 1.85 bits per heavy atom. The third-order valence-electron chi connectivity index (χ3n) is 11.1. The highest BCUT2D eigenvalue weighted by Gasteiger charge is 2.58. The van der Waals surface area contributed by atoms with Crippen molar-refractivity contribution in [2.75, 3.05) is 34.4 Å². The number of hydrogen-bond donors (Lipinski definition) is 2. The number of nitrogens with zero attached hydrogens (tertiary/aromatic N) is 2. The van der Waals surface area contributed by atoms with Crippen LogP contribution in [0.4, 0.5) is 0 Å². The second kappa shape index (κ2) is 14.8. The third kappa shape index (κ3) is 7.55. The molecule has 0 spiro atoms. The van der Waals surface area contributed by atoms with Crippen molar-refractivity contribution in [1.82, 2.24) is 10.2 Å². The second-order valence-corrected chi connectivity index (χ2v) is 15.0. The first-order valence-electron chi connectivity index (χ1n) is 17.1. The topological polar surface area (TPSA) is 154 Å². The molecule has 0 aromatic carbocycles. The molecule has 5 saturated heterocycles. The molecule has 0 aromatic rings. The SMILES string of the molecule is CC[C@H]1OC(=O)[C@@]2(C)CCO[C@@](C)(C[C@@H](C)CN[C@H](C)[C@H]3CC(=O)O[C@@]31C)[C@H](O[C@@H]1OC(/C=N/OC)CC(N(C)C)C1O)[C@@H](C)C2=O. The van der Waals surface area contributed by atoms with Crippen LogP contribution < -0.4 is 5.32 Å². The molecule has 5 aliphatic heterocycles. The Morgan fingerprint density at radius 3 is 2.49 bits per heavy atom. The Kier molecular flexibility index (Phi) is 11.8. The van der Waals surface area contributed by atoms with E-state index in [1.165, 1.54) is 13.3 Å². The van der Waals surface area contributed by atoms with Gasteiger partial charge in [-0.1, -0.05) is 25.9 Å². The molecule has 5 aliphatic rings. The largest absolute Gasteiger partial charge is 0.457 e. The van der Waals surface area contributed by atoms with Gasteiger partial charge in [0.2, 0.25) is 0 Å². The van der Waals surface area contributed by atoms with Gasteiger partial charge in [-0.05, 0) is 79.9 Å². The molecule has 3 unspecified atom stereocenters. The van der Waals surface area contributed by atoms with Gasteiger partial charge in [-0.25, -0.2) is 0 Å². The molecule has 47 heavy (non-hydrogen) atoms. The van der Waals surface area contributed by atoms with Crippen LogP contribution in [0.2, 0.25) is 0 Å². The molecule has 0 aliphatic carbocycles. The van der Waals surface area contributed by atoms with E-state index in [4.69, 9.17) is 28.5 Å². The molecule has 0 amide bonds. The minimum atomic E-state index is -1.56. The molecule has 13 nitrogen and oxygen atoms in total. The highest BCUT2D eigenvalue weighted by molar-refractivity contribution is 6.04. The van der Waals surface area contributed by atoms with Gasteiger partial charge >= 0.3 is 11.9 Å². The number of ketones is 1. The molecule has 5 rings (SSSR count). The van der Waals surface area contributed by atoms with Gasteiger partial charge in [0, 0.05) is 30.5 Å². The number of likely N-dealkylation sites (N-methyl/N-ethyl adjacent to an activating group) is 1. The van der Waals surface area contributed by atoms with Crippen LogP contribution in [0.3, 0.4) is 0 Å². The fourth-order valence-corrected chi connectivity index (χ4v) is 8.25. The van der Waals surface area contributed by atoms with Crippen LogP contribution in [0.15, 0.2) is 5.16 Å². The van der Waals surface area contributed by atoms with E-state index in [0.717, 1.165) is 0 Å². The van der Waals surface area contributed by atoms with Crippen LogP contribution in [-0.4, -0.2) is 122 Å². The van der Waals surface area contributed by atoms with Crippen LogP contribution in [0.5, 0.6) is 0 Å². The number of esters is 2. The fraction of sp³-hybridized carbons (Fsp3) is 0.882. The number of carbonyl (C=O) groups excluding carboxylic acids is 3. The predicted molar refractivity (Wildman–Crippen MR) is 172 cm³/mol. The quantitative estimate of drug-likeness (QED) is 0.185. The highest BCUT2D eigenvalue weighted by atomic mass is 16.7. The molecular formula is C34H57N3O10. The fourth-order valence-electron chi connectivity index (χ4n) is 8.25. The minimum absolute atomic E-state index is 0.0456. The maximum absolute atomic E-state index is 14.6. The lowest BCUT2D eigenvalue weighted by atomic mass is 9.70. The van der Waals surface area contributed by atoms with E-state index in [9.17, 15) is 19.5 Å². The first kappa shape index (κ1) is 37.7. The molecule has 13 atom stereocenters. The van der Waals surface area contributed by atoms with Gasteiger partial charge in [0.05, 0.1) is 24.3 Å². The summed E-state index contributed by atoms with van der Waals surface area (Å²) in [6.45, 7) is 13.8. The van der Waals surface area contributed by atoms with Crippen molar-refractivity contribution in [2.24, 2.45) is 28.3 Å². The number of Topliss-reactive ketones (excluding diaryl/α,β-unsaturated/α-hetero) is 1. The summed E-state index contributed by atoms with van der Waals surface area (Å²) in [6.07, 6.45) is -1.17. The highest BCUT2D eigenvalue weighted by Crippen LogP contribution is 2.45.